The Labute approximate surface area is 225 Å². The van der Waals surface area contributed by atoms with Gasteiger partial charge in [-0.2, -0.15) is 5.26 Å². The number of nitriles is 1. The fraction of sp³-hybridized carbons (Fsp3) is 0.235. The number of esters is 1. The summed E-state index contributed by atoms with van der Waals surface area (Å²) in [5.41, 5.74) is 4.16. The van der Waals surface area contributed by atoms with Crippen LogP contribution < -0.4 is 5.32 Å². The van der Waals surface area contributed by atoms with Crippen LogP contribution in [0.4, 0.5) is 0 Å². The number of rotatable bonds is 8. The van der Waals surface area contributed by atoms with Gasteiger partial charge in [0.25, 0.3) is 0 Å². The van der Waals surface area contributed by atoms with E-state index < -0.39 is 17.1 Å². The second kappa shape index (κ2) is 11.5. The minimum Gasteiger partial charge on any atom is -0.460 e. The van der Waals surface area contributed by atoms with Gasteiger partial charge in [0.15, 0.2) is 0 Å². The lowest BCUT2D eigenvalue weighted by Crippen LogP contribution is -2.45. The second-order valence-electron chi connectivity index (χ2n) is 10.5. The van der Waals surface area contributed by atoms with Gasteiger partial charge >= 0.3 is 5.97 Å². The molecule has 4 nitrogen and oxygen atoms in total. The number of hydrogen-bond donors (Lipinski definition) is 1. The third-order valence-electron chi connectivity index (χ3n) is 6.46. The molecule has 0 saturated carbocycles. The van der Waals surface area contributed by atoms with Crippen molar-refractivity contribution in [3.8, 4) is 28.3 Å². The van der Waals surface area contributed by atoms with Gasteiger partial charge in [-0.05, 0) is 61.1 Å². The Balaban J connectivity index is 1.84. The van der Waals surface area contributed by atoms with Crippen LogP contribution in [0.5, 0.6) is 0 Å². The van der Waals surface area contributed by atoms with Crippen molar-refractivity contribution in [2.75, 3.05) is 0 Å². The lowest BCUT2D eigenvalue weighted by atomic mass is 9.83. The van der Waals surface area contributed by atoms with E-state index in [4.69, 9.17) is 4.74 Å². The average Bonchev–Trinajstić information content (AvgIpc) is 2.92. The quantitative estimate of drug-likeness (QED) is 0.250. The molecule has 0 spiro atoms. The van der Waals surface area contributed by atoms with Crippen LogP contribution in [0.1, 0.15) is 51.3 Å². The largest absolute Gasteiger partial charge is 0.460 e. The Morgan fingerprint density at radius 1 is 0.789 bits per heavy atom. The molecule has 192 valence electrons. The number of carbonyl (C=O) groups is 1. The third-order valence-corrected chi connectivity index (χ3v) is 6.46. The molecule has 38 heavy (non-hydrogen) atoms. The standard InChI is InChI=1S/C34H34N2O2/c1-25(36-34(24-35,28-19-12-7-13-20-28)23-31(37)38-33(2,3)4)32-29(26-15-8-5-9-16-26)21-14-22-30(32)27-17-10-6-11-18-27/h5-22,25,36H,23H2,1-4H3. The van der Waals surface area contributed by atoms with Crippen LogP contribution in [-0.4, -0.2) is 11.6 Å². The minimum absolute atomic E-state index is 0.122. The van der Waals surface area contributed by atoms with Gasteiger partial charge in [0.1, 0.15) is 11.1 Å². The van der Waals surface area contributed by atoms with Gasteiger partial charge in [-0.25, -0.2) is 0 Å². The molecule has 4 rings (SSSR count). The molecule has 0 saturated heterocycles. The van der Waals surface area contributed by atoms with Crippen molar-refractivity contribution in [2.45, 2.75) is 51.3 Å². The lowest BCUT2D eigenvalue weighted by molar-refractivity contribution is -0.156. The molecule has 0 radical (unpaired) electrons. The first-order valence-electron chi connectivity index (χ1n) is 12.9. The molecular weight excluding hydrogens is 468 g/mol. The summed E-state index contributed by atoms with van der Waals surface area (Å²) in [4.78, 5) is 13.1. The molecule has 4 heteroatoms. The summed E-state index contributed by atoms with van der Waals surface area (Å²) in [6.45, 7) is 7.55. The van der Waals surface area contributed by atoms with Crippen molar-refractivity contribution in [1.82, 2.24) is 5.32 Å². The zero-order valence-corrected chi connectivity index (χ0v) is 22.4. The Kier molecular flexibility index (Phi) is 8.10. The Morgan fingerprint density at radius 2 is 1.26 bits per heavy atom. The van der Waals surface area contributed by atoms with Crippen LogP contribution >= 0.6 is 0 Å². The van der Waals surface area contributed by atoms with Crippen LogP contribution in [0.2, 0.25) is 0 Å². The van der Waals surface area contributed by atoms with E-state index in [1.165, 1.54) is 0 Å². The van der Waals surface area contributed by atoms with Crippen LogP contribution in [0, 0.1) is 11.3 Å². The van der Waals surface area contributed by atoms with Crippen LogP contribution in [-0.2, 0) is 15.1 Å². The van der Waals surface area contributed by atoms with E-state index in [-0.39, 0.29) is 12.5 Å². The summed E-state index contributed by atoms with van der Waals surface area (Å²) in [7, 11) is 0. The van der Waals surface area contributed by atoms with Crippen molar-refractivity contribution in [3.05, 3.63) is 120 Å². The van der Waals surface area contributed by atoms with Gasteiger partial charge in [0.05, 0.1) is 12.5 Å². The van der Waals surface area contributed by atoms with Gasteiger partial charge in [0, 0.05) is 6.04 Å². The minimum atomic E-state index is -1.29. The number of nitrogens with zero attached hydrogens (tertiary/aromatic N) is 1. The van der Waals surface area contributed by atoms with Crippen molar-refractivity contribution >= 4 is 5.97 Å². The number of carbonyl (C=O) groups excluding carboxylic acids is 1. The fourth-order valence-corrected chi connectivity index (χ4v) is 4.90. The van der Waals surface area contributed by atoms with Gasteiger partial charge in [0.2, 0.25) is 0 Å². The monoisotopic (exact) mass is 502 g/mol. The van der Waals surface area contributed by atoms with Gasteiger partial charge < -0.3 is 4.74 Å². The number of ether oxygens (including phenoxy) is 1. The van der Waals surface area contributed by atoms with Crippen molar-refractivity contribution in [3.63, 3.8) is 0 Å². The molecule has 0 aliphatic rings. The molecule has 0 amide bonds. The van der Waals surface area contributed by atoms with Gasteiger partial charge in [-0.1, -0.05) is 109 Å². The Hall–Kier alpha value is -4.20. The molecule has 2 atom stereocenters. The first-order valence-corrected chi connectivity index (χ1v) is 12.9. The molecule has 2 unspecified atom stereocenters. The molecule has 1 N–H and O–H groups in total. The molecule has 4 aromatic rings. The van der Waals surface area contributed by atoms with E-state index in [0.29, 0.717) is 0 Å². The van der Waals surface area contributed by atoms with E-state index in [0.717, 1.165) is 33.4 Å². The molecule has 0 aromatic heterocycles. The molecular formula is C34H34N2O2. The molecule has 4 aromatic carbocycles. The smallest absolute Gasteiger partial charge is 0.309 e. The van der Waals surface area contributed by atoms with Gasteiger partial charge in [-0.15, -0.1) is 0 Å². The van der Waals surface area contributed by atoms with E-state index in [9.17, 15) is 10.1 Å². The maximum atomic E-state index is 13.1. The topological polar surface area (TPSA) is 62.1 Å². The summed E-state index contributed by atoms with van der Waals surface area (Å²) >= 11 is 0. The highest BCUT2D eigenvalue weighted by Gasteiger charge is 2.39. The van der Waals surface area contributed by atoms with Crippen molar-refractivity contribution < 1.29 is 9.53 Å². The highest BCUT2D eigenvalue weighted by atomic mass is 16.6. The molecule has 0 heterocycles. The molecule has 0 bridgehead atoms. The Bertz CT molecular complexity index is 1350. The highest BCUT2D eigenvalue weighted by molar-refractivity contribution is 5.79. The predicted molar refractivity (Wildman–Crippen MR) is 153 cm³/mol. The predicted octanol–water partition coefficient (Wildman–Crippen LogP) is 7.82. The van der Waals surface area contributed by atoms with E-state index in [1.807, 2.05) is 87.5 Å². The Morgan fingerprint density at radius 3 is 1.71 bits per heavy atom. The molecule has 0 fully saturated rings. The normalized spacial score (nSPS) is 13.7. The summed E-state index contributed by atoms with van der Waals surface area (Å²) in [5, 5.41) is 14.2. The number of hydrogen-bond acceptors (Lipinski definition) is 4. The van der Waals surface area contributed by atoms with E-state index >= 15 is 0 Å². The van der Waals surface area contributed by atoms with Crippen LogP contribution in [0.15, 0.2) is 109 Å². The average molecular weight is 503 g/mol. The van der Waals surface area contributed by atoms with E-state index in [2.05, 4.69) is 60.8 Å². The lowest BCUT2D eigenvalue weighted by Gasteiger charge is -2.34. The van der Waals surface area contributed by atoms with E-state index in [1.54, 1.807) is 0 Å². The summed E-state index contributed by atoms with van der Waals surface area (Å²) in [5.74, 6) is -0.428. The maximum absolute atomic E-state index is 13.1. The molecule has 0 aliphatic heterocycles. The maximum Gasteiger partial charge on any atom is 0.309 e. The highest BCUT2D eigenvalue weighted by Crippen LogP contribution is 2.39. The zero-order chi connectivity index (χ0) is 27.2. The second-order valence-corrected chi connectivity index (χ2v) is 10.5. The number of nitrogens with one attached hydrogen (secondary N) is 1. The summed E-state index contributed by atoms with van der Waals surface area (Å²) in [6, 6.07) is 38.4. The SMILES string of the molecule is CC(NC(C#N)(CC(=O)OC(C)(C)C)c1ccccc1)c1c(-c2ccccc2)cccc1-c1ccccc1. The molecule has 0 aliphatic carbocycles. The number of benzene rings is 4. The zero-order valence-electron chi connectivity index (χ0n) is 22.4. The van der Waals surface area contributed by atoms with Crippen molar-refractivity contribution in [2.24, 2.45) is 0 Å². The third kappa shape index (κ3) is 6.19. The first kappa shape index (κ1) is 26.9. The van der Waals surface area contributed by atoms with Gasteiger partial charge in [-0.3, -0.25) is 10.1 Å². The van der Waals surface area contributed by atoms with Crippen LogP contribution in [0.3, 0.4) is 0 Å². The summed E-state index contributed by atoms with van der Waals surface area (Å²) in [6.07, 6.45) is -0.122. The first-order chi connectivity index (χ1) is 18.2. The van der Waals surface area contributed by atoms with Crippen molar-refractivity contribution in [1.29, 1.82) is 5.26 Å². The van der Waals surface area contributed by atoms with Crippen LogP contribution in [0.25, 0.3) is 22.3 Å². The summed E-state index contributed by atoms with van der Waals surface area (Å²) < 4.78 is 5.66. The fourth-order valence-electron chi connectivity index (χ4n) is 4.90.